The Morgan fingerprint density at radius 2 is 1.75 bits per heavy atom. The molecule has 9 nitrogen and oxygen atoms in total. The smallest absolute Gasteiger partial charge is 0.491 e. The first-order valence-corrected chi connectivity index (χ1v) is 10.9. The molecular weight excluding hydrogens is 485 g/mol. The Labute approximate surface area is 203 Å². The molecule has 2 aromatic carbocycles. The molecule has 0 bridgehead atoms. The lowest BCUT2D eigenvalue weighted by Gasteiger charge is -2.23. The highest BCUT2D eigenvalue weighted by molar-refractivity contribution is 6.32. The van der Waals surface area contributed by atoms with Gasteiger partial charge in [0.2, 0.25) is 0 Å². The lowest BCUT2D eigenvalue weighted by Crippen LogP contribution is -2.37. The van der Waals surface area contributed by atoms with Crippen LogP contribution in [0.4, 0.5) is 18.9 Å². The predicted octanol–water partition coefficient (Wildman–Crippen LogP) is 2.96. The summed E-state index contributed by atoms with van der Waals surface area (Å²) >= 11 is 0. The van der Waals surface area contributed by atoms with E-state index in [0.717, 1.165) is 12.1 Å². The Balaban J connectivity index is 1.84. The van der Waals surface area contributed by atoms with Gasteiger partial charge in [0.15, 0.2) is 11.6 Å². The molecule has 4 N–H and O–H groups in total. The van der Waals surface area contributed by atoms with Gasteiger partial charge < -0.3 is 25.6 Å². The number of carbonyl (C=O) groups excluding carboxylic acids is 4. The van der Waals surface area contributed by atoms with E-state index < -0.39 is 52.8 Å². The molecule has 2 aromatic rings. The van der Waals surface area contributed by atoms with Gasteiger partial charge in [-0.1, -0.05) is 26.0 Å². The fourth-order valence-corrected chi connectivity index (χ4v) is 3.50. The lowest BCUT2D eigenvalue weighted by atomic mass is 9.82. The van der Waals surface area contributed by atoms with E-state index in [1.807, 2.05) is 0 Å². The molecule has 3 rings (SSSR count). The van der Waals surface area contributed by atoms with E-state index in [4.69, 9.17) is 10.5 Å². The number of ketones is 2. The molecule has 1 aliphatic rings. The monoisotopic (exact) mass is 508 g/mol. The molecule has 192 valence electrons. The minimum atomic E-state index is -5.32. The van der Waals surface area contributed by atoms with Gasteiger partial charge in [-0.15, -0.1) is 0 Å². The average molecular weight is 508 g/mol. The van der Waals surface area contributed by atoms with Gasteiger partial charge in [-0.3, -0.25) is 14.4 Å². The van der Waals surface area contributed by atoms with Crippen LogP contribution in [0, 0.1) is 5.92 Å². The summed E-state index contributed by atoms with van der Waals surface area (Å²) in [6, 6.07) is 5.03. The van der Waals surface area contributed by atoms with Gasteiger partial charge in [0, 0.05) is 17.8 Å². The molecule has 0 unspecified atom stereocenters. The Morgan fingerprint density at radius 1 is 1.06 bits per heavy atom. The van der Waals surface area contributed by atoms with Crippen molar-refractivity contribution >= 4 is 29.2 Å². The molecular formula is C24H23F3N2O7. The van der Waals surface area contributed by atoms with E-state index in [2.05, 4.69) is 10.1 Å². The van der Waals surface area contributed by atoms with Crippen LogP contribution >= 0.6 is 0 Å². The number of ether oxygens (including phenoxy) is 2. The number of anilines is 1. The molecule has 0 radical (unpaired) electrons. The van der Waals surface area contributed by atoms with E-state index >= 15 is 0 Å². The summed E-state index contributed by atoms with van der Waals surface area (Å²) in [7, 11) is 0. The maximum absolute atomic E-state index is 13.3. The number of phenolic OH excluding ortho intramolecular Hbond substituents is 1. The summed E-state index contributed by atoms with van der Waals surface area (Å²) in [5.41, 5.74) is 4.34. The second-order valence-electron chi connectivity index (χ2n) is 8.32. The molecule has 0 saturated heterocycles. The number of carbonyl (C=O) groups is 4. The van der Waals surface area contributed by atoms with Crippen LogP contribution in [-0.2, 0) is 14.3 Å². The summed E-state index contributed by atoms with van der Waals surface area (Å²) < 4.78 is 47.6. The highest BCUT2D eigenvalue weighted by atomic mass is 19.4. The summed E-state index contributed by atoms with van der Waals surface area (Å²) in [4.78, 5) is 49.6. The van der Waals surface area contributed by atoms with Gasteiger partial charge in [0.05, 0.1) is 23.3 Å². The van der Waals surface area contributed by atoms with E-state index in [0.29, 0.717) is 6.42 Å². The van der Waals surface area contributed by atoms with E-state index in [1.54, 1.807) is 13.8 Å². The Morgan fingerprint density at radius 3 is 2.39 bits per heavy atom. The molecule has 0 aromatic heterocycles. The zero-order chi connectivity index (χ0) is 26.8. The summed E-state index contributed by atoms with van der Waals surface area (Å²) in [5.74, 6) is -6.21. The van der Waals surface area contributed by atoms with Crippen LogP contribution in [0.25, 0.3) is 0 Å². The van der Waals surface area contributed by atoms with Crippen LogP contribution in [0.15, 0.2) is 30.3 Å². The Bertz CT molecular complexity index is 1220. The largest absolute Gasteiger partial charge is 0.507 e. The normalized spacial score (nSPS) is 13.6. The predicted molar refractivity (Wildman–Crippen MR) is 120 cm³/mol. The average Bonchev–Trinajstić information content (AvgIpc) is 2.81. The highest BCUT2D eigenvalue weighted by Crippen LogP contribution is 2.40. The van der Waals surface area contributed by atoms with Gasteiger partial charge >= 0.3 is 18.1 Å². The van der Waals surface area contributed by atoms with Crippen LogP contribution in [0.3, 0.4) is 0 Å². The number of halogens is 3. The standard InChI is InChI=1S/C24H23F3N2O7/c1-11(2)19(28)22(33)35-10-4-9-29-13-7-8-14(30)18-17(13)21(32)16-12(20(18)31)5-3-6-15(16)36-23(34)24(25,26)27/h3,5-8,11,19,29-30H,4,9-10,28H2,1-2H3/t19-/m0/s1. The second kappa shape index (κ2) is 10.4. The molecule has 36 heavy (non-hydrogen) atoms. The first-order chi connectivity index (χ1) is 16.8. The van der Waals surface area contributed by atoms with Gasteiger partial charge in [-0.2, -0.15) is 13.2 Å². The minimum absolute atomic E-state index is 0.0137. The number of aromatic hydroxyl groups is 1. The quantitative estimate of drug-likeness (QED) is 0.181. The van der Waals surface area contributed by atoms with Crippen molar-refractivity contribution in [3.63, 3.8) is 0 Å². The maximum Gasteiger partial charge on any atom is 0.491 e. The number of rotatable bonds is 8. The van der Waals surface area contributed by atoms with Crippen molar-refractivity contribution in [3.8, 4) is 11.5 Å². The third kappa shape index (κ3) is 5.33. The number of phenols is 1. The second-order valence-corrected chi connectivity index (χ2v) is 8.32. The number of alkyl halides is 3. The number of fused-ring (bicyclic) bond motifs is 2. The summed E-state index contributed by atoms with van der Waals surface area (Å²) in [6.07, 6.45) is -5.03. The SMILES string of the molecule is CC(C)[C@H](N)C(=O)OCCCNc1ccc(O)c2c1C(=O)c1c(OC(=O)C(F)(F)F)cccc1C2=O. The fourth-order valence-electron chi connectivity index (χ4n) is 3.50. The number of nitrogens with one attached hydrogen (secondary N) is 1. The minimum Gasteiger partial charge on any atom is -0.507 e. The third-order valence-corrected chi connectivity index (χ3v) is 5.44. The summed E-state index contributed by atoms with van der Waals surface area (Å²) in [5, 5.41) is 13.2. The van der Waals surface area contributed by atoms with Crippen molar-refractivity contribution in [2.45, 2.75) is 32.5 Å². The molecule has 0 fully saturated rings. The van der Waals surface area contributed by atoms with Crippen LogP contribution in [0.1, 0.15) is 52.1 Å². The topological polar surface area (TPSA) is 145 Å². The van der Waals surface area contributed by atoms with Crippen molar-refractivity contribution in [2.75, 3.05) is 18.5 Å². The van der Waals surface area contributed by atoms with Crippen molar-refractivity contribution in [3.05, 3.63) is 52.6 Å². The van der Waals surface area contributed by atoms with Gasteiger partial charge in [-0.25, -0.2) is 4.79 Å². The van der Waals surface area contributed by atoms with E-state index in [9.17, 15) is 37.5 Å². The number of esters is 2. The first kappa shape index (κ1) is 26.7. The molecule has 0 saturated carbocycles. The van der Waals surface area contributed by atoms with Gasteiger partial charge in [0.25, 0.3) is 0 Å². The van der Waals surface area contributed by atoms with Crippen LogP contribution in [0.5, 0.6) is 11.5 Å². The van der Waals surface area contributed by atoms with Gasteiger partial charge in [0.1, 0.15) is 17.5 Å². The molecule has 0 spiro atoms. The Hall–Kier alpha value is -3.93. The molecule has 0 aliphatic heterocycles. The zero-order valence-corrected chi connectivity index (χ0v) is 19.3. The van der Waals surface area contributed by atoms with Crippen molar-refractivity contribution in [1.29, 1.82) is 0 Å². The Kier molecular flexibility index (Phi) is 7.68. The van der Waals surface area contributed by atoms with Crippen LogP contribution < -0.4 is 15.8 Å². The van der Waals surface area contributed by atoms with E-state index in [1.165, 1.54) is 18.2 Å². The van der Waals surface area contributed by atoms with Crippen molar-refractivity contribution < 1.29 is 46.9 Å². The number of hydrogen-bond acceptors (Lipinski definition) is 9. The molecule has 1 atom stereocenters. The number of nitrogens with two attached hydrogens (primary N) is 1. The zero-order valence-electron chi connectivity index (χ0n) is 19.3. The number of benzene rings is 2. The van der Waals surface area contributed by atoms with Crippen molar-refractivity contribution in [1.82, 2.24) is 0 Å². The number of hydrogen-bond donors (Lipinski definition) is 3. The van der Waals surface area contributed by atoms with E-state index in [-0.39, 0.29) is 41.4 Å². The van der Waals surface area contributed by atoms with Crippen LogP contribution in [0.2, 0.25) is 0 Å². The molecule has 12 heteroatoms. The first-order valence-electron chi connectivity index (χ1n) is 10.9. The van der Waals surface area contributed by atoms with Crippen LogP contribution in [-0.4, -0.2) is 54.0 Å². The molecule has 0 heterocycles. The summed E-state index contributed by atoms with van der Waals surface area (Å²) in [6.45, 7) is 3.72. The van der Waals surface area contributed by atoms with Gasteiger partial charge in [-0.05, 0) is 30.5 Å². The highest BCUT2D eigenvalue weighted by Gasteiger charge is 2.43. The maximum atomic E-state index is 13.3. The third-order valence-electron chi connectivity index (χ3n) is 5.44. The van der Waals surface area contributed by atoms with Crippen molar-refractivity contribution in [2.24, 2.45) is 11.7 Å². The lowest BCUT2D eigenvalue weighted by molar-refractivity contribution is -0.189. The molecule has 1 aliphatic carbocycles. The fraction of sp³-hybridized carbons (Fsp3) is 0.333. The molecule has 0 amide bonds.